The van der Waals surface area contributed by atoms with Gasteiger partial charge in [-0.15, -0.1) is 0 Å². The van der Waals surface area contributed by atoms with E-state index in [9.17, 15) is 19.2 Å². The first-order valence-electron chi connectivity index (χ1n) is 24.0. The Kier molecular flexibility index (Phi) is 31.0. The minimum absolute atomic E-state index is 0.0983. The summed E-state index contributed by atoms with van der Waals surface area (Å²) < 4.78 is 22.3. The molecule has 0 heterocycles. The van der Waals surface area contributed by atoms with Crippen LogP contribution in [-0.2, 0) is 51.0 Å². The molecule has 1 rings (SSSR count). The van der Waals surface area contributed by atoms with Crippen molar-refractivity contribution in [2.75, 3.05) is 26.4 Å². The first-order chi connectivity index (χ1) is 28.2. The van der Waals surface area contributed by atoms with Gasteiger partial charge >= 0.3 is 23.9 Å². The fourth-order valence-corrected chi connectivity index (χ4v) is 8.20. The Morgan fingerprint density at radius 1 is 0.379 bits per heavy atom. The molecule has 0 bridgehead atoms. The van der Waals surface area contributed by atoms with E-state index in [4.69, 9.17) is 18.9 Å². The molecule has 0 unspecified atom stereocenters. The molecule has 0 amide bonds. The fraction of sp³-hybridized carbons (Fsp3) is 0.800. The van der Waals surface area contributed by atoms with Crippen LogP contribution in [0.1, 0.15) is 220 Å². The average Bonchev–Trinajstić information content (AvgIpc) is 3.21. The van der Waals surface area contributed by atoms with E-state index in [0.29, 0.717) is 25.7 Å². The van der Waals surface area contributed by atoms with E-state index in [1.807, 2.05) is 24.3 Å². The molecule has 0 aliphatic carbocycles. The van der Waals surface area contributed by atoms with Crippen molar-refractivity contribution in [2.45, 2.75) is 221 Å². The van der Waals surface area contributed by atoms with E-state index in [-0.39, 0.29) is 39.3 Å². The van der Waals surface area contributed by atoms with Crippen LogP contribution < -0.4 is 0 Å². The summed E-state index contributed by atoms with van der Waals surface area (Å²) in [5.41, 5.74) is -1.52. The Morgan fingerprint density at radius 2 is 0.621 bits per heavy atom. The third kappa shape index (κ3) is 20.9. The van der Waals surface area contributed by atoms with Crippen LogP contribution in [0.4, 0.5) is 0 Å². The molecule has 0 saturated carbocycles. The van der Waals surface area contributed by atoms with E-state index in [1.54, 1.807) is 27.7 Å². The van der Waals surface area contributed by atoms with Crippen LogP contribution in [-0.4, -0.2) is 50.3 Å². The van der Waals surface area contributed by atoms with E-state index in [1.165, 1.54) is 103 Å². The second-order valence-corrected chi connectivity index (χ2v) is 16.5. The molecule has 334 valence electrons. The number of rotatable bonds is 38. The summed E-state index contributed by atoms with van der Waals surface area (Å²) in [6.07, 6.45) is 29.1. The number of carbonyl (C=O) groups is 4. The van der Waals surface area contributed by atoms with Crippen molar-refractivity contribution in [1.82, 2.24) is 0 Å². The lowest BCUT2D eigenvalue weighted by Gasteiger charge is -2.31. The highest BCUT2D eigenvalue weighted by Gasteiger charge is 2.50. The predicted octanol–water partition coefficient (Wildman–Crippen LogP) is 13.2. The lowest BCUT2D eigenvalue weighted by Crippen LogP contribution is -2.44. The molecular weight excluding hydrogens is 729 g/mol. The third-order valence-corrected chi connectivity index (χ3v) is 11.6. The maximum Gasteiger partial charge on any atom is 0.323 e. The lowest BCUT2D eigenvalue weighted by atomic mass is 9.75. The van der Waals surface area contributed by atoms with Crippen LogP contribution in [0.2, 0.25) is 0 Å². The van der Waals surface area contributed by atoms with Crippen LogP contribution in [0.3, 0.4) is 0 Å². The minimum atomic E-state index is -1.50. The largest absolute Gasteiger partial charge is 0.465 e. The van der Waals surface area contributed by atoms with Gasteiger partial charge in [-0.1, -0.05) is 192 Å². The van der Waals surface area contributed by atoms with E-state index in [2.05, 4.69) is 13.8 Å². The van der Waals surface area contributed by atoms with Crippen LogP contribution in [0.15, 0.2) is 24.3 Å². The van der Waals surface area contributed by atoms with Crippen molar-refractivity contribution >= 4 is 23.9 Å². The topological polar surface area (TPSA) is 105 Å². The Morgan fingerprint density at radius 3 is 0.862 bits per heavy atom. The summed E-state index contributed by atoms with van der Waals surface area (Å²) in [6, 6.07) is 7.55. The number of esters is 4. The van der Waals surface area contributed by atoms with Gasteiger partial charge in [0.05, 0.1) is 26.4 Å². The van der Waals surface area contributed by atoms with Crippen molar-refractivity contribution in [3.63, 3.8) is 0 Å². The molecule has 0 aliphatic heterocycles. The van der Waals surface area contributed by atoms with Crippen LogP contribution >= 0.6 is 0 Å². The monoisotopic (exact) mass is 815 g/mol. The SMILES string of the molecule is CCCCCCCCCCCCCCC(Cc1cccc(CC(CCCCCCCCCCCCCC)(C(=O)OCC)C(=O)OCC)c1)(C(=O)OCC)C(=O)OCC. The van der Waals surface area contributed by atoms with Gasteiger partial charge in [-0.3, -0.25) is 19.2 Å². The Bertz CT molecular complexity index is 1100. The highest BCUT2D eigenvalue weighted by molar-refractivity contribution is 6.01. The van der Waals surface area contributed by atoms with Crippen molar-refractivity contribution in [3.05, 3.63) is 35.4 Å². The minimum Gasteiger partial charge on any atom is -0.465 e. The zero-order valence-corrected chi connectivity index (χ0v) is 38.2. The molecule has 0 aromatic heterocycles. The molecule has 8 nitrogen and oxygen atoms in total. The van der Waals surface area contributed by atoms with E-state index < -0.39 is 34.7 Å². The number of unbranched alkanes of at least 4 members (excludes halogenated alkanes) is 22. The summed E-state index contributed by atoms with van der Waals surface area (Å²) >= 11 is 0. The first kappa shape index (κ1) is 53.1. The molecule has 0 atom stereocenters. The second kappa shape index (κ2) is 33.9. The Labute approximate surface area is 355 Å². The summed E-state index contributed by atoms with van der Waals surface area (Å²) in [7, 11) is 0. The van der Waals surface area contributed by atoms with E-state index in [0.717, 1.165) is 49.7 Å². The predicted molar refractivity (Wildman–Crippen MR) is 237 cm³/mol. The van der Waals surface area contributed by atoms with Gasteiger partial charge in [0.25, 0.3) is 0 Å². The summed E-state index contributed by atoms with van der Waals surface area (Å²) in [6.45, 7) is 12.1. The van der Waals surface area contributed by atoms with Crippen LogP contribution in [0.5, 0.6) is 0 Å². The van der Waals surface area contributed by atoms with Gasteiger partial charge in [0.2, 0.25) is 0 Å². The van der Waals surface area contributed by atoms with Crippen molar-refractivity contribution < 1.29 is 38.1 Å². The van der Waals surface area contributed by atoms with Gasteiger partial charge in [-0.05, 0) is 64.5 Å². The summed E-state index contributed by atoms with van der Waals surface area (Å²) in [5, 5.41) is 0. The molecule has 0 spiro atoms. The molecule has 58 heavy (non-hydrogen) atoms. The van der Waals surface area contributed by atoms with Crippen LogP contribution in [0.25, 0.3) is 0 Å². The Hall–Kier alpha value is -2.90. The number of carbonyl (C=O) groups excluding carboxylic acids is 4. The maximum absolute atomic E-state index is 13.8. The maximum atomic E-state index is 13.8. The number of hydrogen-bond donors (Lipinski definition) is 0. The zero-order valence-electron chi connectivity index (χ0n) is 38.2. The molecule has 1 aromatic rings. The quantitative estimate of drug-likeness (QED) is 0.0281. The first-order valence-corrected chi connectivity index (χ1v) is 24.0. The fourth-order valence-electron chi connectivity index (χ4n) is 8.20. The van der Waals surface area contributed by atoms with Crippen LogP contribution in [0, 0.1) is 10.8 Å². The summed E-state index contributed by atoms with van der Waals surface area (Å²) in [5.74, 6) is -2.27. The van der Waals surface area contributed by atoms with Crippen molar-refractivity contribution in [1.29, 1.82) is 0 Å². The smallest absolute Gasteiger partial charge is 0.323 e. The molecule has 8 heteroatoms. The molecular formula is C50H86O8. The van der Waals surface area contributed by atoms with Crippen molar-refractivity contribution in [3.8, 4) is 0 Å². The lowest BCUT2D eigenvalue weighted by molar-refractivity contribution is -0.174. The van der Waals surface area contributed by atoms with E-state index >= 15 is 0 Å². The molecule has 0 saturated heterocycles. The molecule has 0 aliphatic rings. The highest BCUT2D eigenvalue weighted by atomic mass is 16.6. The molecule has 0 fully saturated rings. The van der Waals surface area contributed by atoms with Gasteiger partial charge in [0.1, 0.15) is 0 Å². The highest BCUT2D eigenvalue weighted by Crippen LogP contribution is 2.37. The molecule has 1 aromatic carbocycles. The third-order valence-electron chi connectivity index (χ3n) is 11.6. The van der Waals surface area contributed by atoms with Gasteiger partial charge in [-0.25, -0.2) is 0 Å². The van der Waals surface area contributed by atoms with Gasteiger partial charge in [0.15, 0.2) is 10.8 Å². The standard InChI is InChI=1S/C50H86O8/c1-7-13-15-17-19-21-23-25-27-29-31-33-38-49(45(51)55-9-3,46(52)56-10-4)41-43-36-35-37-44(40-43)42-50(47(53)57-11-5,48(54)58-12-6)39-34-32-30-28-26-24-22-20-18-16-14-8-2/h35-37,40H,7-34,38-39,41-42H2,1-6H3. The van der Waals surface area contributed by atoms with Gasteiger partial charge in [0, 0.05) is 0 Å². The second-order valence-electron chi connectivity index (χ2n) is 16.5. The number of hydrogen-bond acceptors (Lipinski definition) is 8. The number of benzene rings is 1. The molecule has 0 radical (unpaired) electrons. The zero-order chi connectivity index (χ0) is 42.7. The average molecular weight is 815 g/mol. The molecule has 0 N–H and O–H groups in total. The normalized spacial score (nSPS) is 11.7. The number of ether oxygens (including phenoxy) is 4. The van der Waals surface area contributed by atoms with Crippen molar-refractivity contribution in [2.24, 2.45) is 10.8 Å². The van der Waals surface area contributed by atoms with Gasteiger partial charge < -0.3 is 18.9 Å². The Balaban J connectivity index is 3.14. The van der Waals surface area contributed by atoms with Gasteiger partial charge in [-0.2, -0.15) is 0 Å². The summed E-state index contributed by atoms with van der Waals surface area (Å²) in [4.78, 5) is 55.2.